The first kappa shape index (κ1) is 19.3. The summed E-state index contributed by atoms with van der Waals surface area (Å²) in [4.78, 5) is 23.0. The minimum Gasteiger partial charge on any atom is -0.463 e. The fraction of sp³-hybridized carbons (Fsp3) is 0.913. The highest BCUT2D eigenvalue weighted by Crippen LogP contribution is 2.66. The lowest BCUT2D eigenvalue weighted by Crippen LogP contribution is -2.54. The van der Waals surface area contributed by atoms with Crippen LogP contribution in [0.3, 0.4) is 0 Å². The average Bonchev–Trinajstić information content (AvgIpc) is 2.91. The first-order valence-electron chi connectivity index (χ1n) is 11.1. The first-order valence-corrected chi connectivity index (χ1v) is 11.1. The standard InChI is InChI=1S/C23H36O4/c1-14(24)26-17-9-11-22(3)16(13-17)5-6-18-19-7-8-21(27-15(2)25)23(19,4)12-10-20(18)22/h16-21H,5-13H2,1-4H3/t16-,17-,18+,19+,20+,21+,22-,23+/m0/s1. The highest BCUT2D eigenvalue weighted by Gasteiger charge is 2.61. The van der Waals surface area contributed by atoms with E-state index in [1.807, 2.05) is 0 Å². The molecule has 4 rings (SSSR count). The van der Waals surface area contributed by atoms with Crippen LogP contribution in [-0.2, 0) is 19.1 Å². The molecule has 0 saturated heterocycles. The third-order valence-corrected chi connectivity index (χ3v) is 9.17. The number of fused-ring (bicyclic) bond motifs is 5. The molecule has 4 heteroatoms. The Hall–Kier alpha value is -1.06. The van der Waals surface area contributed by atoms with E-state index in [1.54, 1.807) is 6.92 Å². The zero-order valence-corrected chi connectivity index (χ0v) is 17.5. The Kier molecular flexibility index (Phi) is 4.83. The molecular formula is C23H36O4. The summed E-state index contributed by atoms with van der Waals surface area (Å²) in [6.07, 6.45) is 10.8. The fourth-order valence-corrected chi connectivity index (χ4v) is 7.91. The Morgan fingerprint density at radius 1 is 0.778 bits per heavy atom. The number of rotatable bonds is 2. The normalized spacial score (nSPS) is 48.7. The molecule has 27 heavy (non-hydrogen) atoms. The van der Waals surface area contributed by atoms with Crippen molar-refractivity contribution in [1.29, 1.82) is 0 Å². The van der Waals surface area contributed by atoms with Gasteiger partial charge in [-0.2, -0.15) is 0 Å². The molecule has 4 nitrogen and oxygen atoms in total. The molecule has 4 aliphatic rings. The number of hydrogen-bond acceptors (Lipinski definition) is 4. The van der Waals surface area contributed by atoms with Gasteiger partial charge in [0.25, 0.3) is 0 Å². The summed E-state index contributed by atoms with van der Waals surface area (Å²) in [5, 5.41) is 0. The van der Waals surface area contributed by atoms with Gasteiger partial charge < -0.3 is 9.47 Å². The third kappa shape index (κ3) is 3.11. The van der Waals surface area contributed by atoms with Crippen molar-refractivity contribution in [3.05, 3.63) is 0 Å². The van der Waals surface area contributed by atoms with Crippen molar-refractivity contribution in [1.82, 2.24) is 0 Å². The molecule has 0 amide bonds. The molecule has 0 unspecified atom stereocenters. The van der Waals surface area contributed by atoms with Gasteiger partial charge in [-0.15, -0.1) is 0 Å². The van der Waals surface area contributed by atoms with E-state index < -0.39 is 0 Å². The molecule has 0 heterocycles. The maximum absolute atomic E-state index is 11.6. The van der Waals surface area contributed by atoms with Gasteiger partial charge in [-0.1, -0.05) is 13.8 Å². The summed E-state index contributed by atoms with van der Waals surface area (Å²) in [6.45, 7) is 8.00. The number of carbonyl (C=O) groups is 2. The number of carbonyl (C=O) groups excluding carboxylic acids is 2. The fourth-order valence-electron chi connectivity index (χ4n) is 7.91. The van der Waals surface area contributed by atoms with E-state index in [2.05, 4.69) is 13.8 Å². The molecule has 0 spiro atoms. The predicted octanol–water partition coefficient (Wildman–Crippen LogP) is 4.89. The van der Waals surface area contributed by atoms with Crippen LogP contribution in [-0.4, -0.2) is 24.1 Å². The van der Waals surface area contributed by atoms with Crippen molar-refractivity contribution >= 4 is 11.9 Å². The topological polar surface area (TPSA) is 52.6 Å². The van der Waals surface area contributed by atoms with Crippen molar-refractivity contribution in [3.8, 4) is 0 Å². The molecule has 152 valence electrons. The molecule has 8 atom stereocenters. The first-order chi connectivity index (χ1) is 12.7. The quantitative estimate of drug-likeness (QED) is 0.644. The summed E-state index contributed by atoms with van der Waals surface area (Å²) in [5.74, 6) is 2.69. The second-order valence-corrected chi connectivity index (χ2v) is 10.4. The molecule has 4 saturated carbocycles. The van der Waals surface area contributed by atoms with Crippen LogP contribution in [0.2, 0.25) is 0 Å². The van der Waals surface area contributed by atoms with Gasteiger partial charge in [-0.3, -0.25) is 9.59 Å². The van der Waals surface area contributed by atoms with Gasteiger partial charge in [0.1, 0.15) is 12.2 Å². The van der Waals surface area contributed by atoms with E-state index in [4.69, 9.17) is 9.47 Å². The van der Waals surface area contributed by atoms with Gasteiger partial charge in [0.05, 0.1) is 0 Å². The Morgan fingerprint density at radius 3 is 2.15 bits per heavy atom. The highest BCUT2D eigenvalue weighted by molar-refractivity contribution is 5.66. The van der Waals surface area contributed by atoms with Crippen molar-refractivity contribution in [2.75, 3.05) is 0 Å². The van der Waals surface area contributed by atoms with Crippen LogP contribution in [0, 0.1) is 34.5 Å². The van der Waals surface area contributed by atoms with Crippen molar-refractivity contribution in [3.63, 3.8) is 0 Å². The highest BCUT2D eigenvalue weighted by atomic mass is 16.5. The number of hydrogen-bond donors (Lipinski definition) is 0. The van der Waals surface area contributed by atoms with Crippen molar-refractivity contribution in [2.24, 2.45) is 34.5 Å². The van der Waals surface area contributed by atoms with Crippen LogP contribution >= 0.6 is 0 Å². The summed E-state index contributed by atoms with van der Waals surface area (Å²) in [5.41, 5.74) is 0.561. The van der Waals surface area contributed by atoms with Crippen LogP contribution in [0.1, 0.15) is 85.5 Å². The molecule has 0 aliphatic heterocycles. The molecule has 0 aromatic carbocycles. The molecule has 0 bridgehead atoms. The summed E-state index contributed by atoms with van der Waals surface area (Å²) in [7, 11) is 0. The largest absolute Gasteiger partial charge is 0.463 e. The second-order valence-electron chi connectivity index (χ2n) is 10.4. The third-order valence-electron chi connectivity index (χ3n) is 9.17. The molecular weight excluding hydrogens is 340 g/mol. The number of ether oxygens (including phenoxy) is 2. The molecule has 0 radical (unpaired) electrons. The molecule has 4 aliphatic carbocycles. The lowest BCUT2D eigenvalue weighted by molar-refractivity contribution is -0.167. The zero-order chi connectivity index (χ0) is 19.4. The lowest BCUT2D eigenvalue weighted by Gasteiger charge is -2.60. The molecule has 0 aromatic rings. The minimum absolute atomic E-state index is 0.117. The zero-order valence-electron chi connectivity index (χ0n) is 17.5. The Balaban J connectivity index is 1.51. The maximum Gasteiger partial charge on any atom is 0.302 e. The van der Waals surface area contributed by atoms with Crippen LogP contribution in [0.25, 0.3) is 0 Å². The molecule has 4 fully saturated rings. The summed E-state index contributed by atoms with van der Waals surface area (Å²) < 4.78 is 11.3. The van der Waals surface area contributed by atoms with Gasteiger partial charge in [0.15, 0.2) is 0 Å². The SMILES string of the molecule is CC(=O)O[C@H]1CC[C@@]2(C)[C@@H](CC[C@H]3[C@H]2CC[C@]2(C)[C@@H]3CC[C@H]2OC(C)=O)C1. The summed E-state index contributed by atoms with van der Waals surface area (Å²) in [6, 6.07) is 0. The van der Waals surface area contributed by atoms with E-state index in [9.17, 15) is 9.59 Å². The molecule has 0 aromatic heterocycles. The van der Waals surface area contributed by atoms with E-state index >= 15 is 0 Å². The van der Waals surface area contributed by atoms with Crippen LogP contribution in [0.5, 0.6) is 0 Å². The van der Waals surface area contributed by atoms with E-state index in [-0.39, 0.29) is 29.6 Å². The van der Waals surface area contributed by atoms with Gasteiger partial charge in [-0.05, 0) is 86.9 Å². The Bertz CT molecular complexity index is 615. The van der Waals surface area contributed by atoms with Gasteiger partial charge in [0.2, 0.25) is 0 Å². The van der Waals surface area contributed by atoms with E-state index in [0.717, 1.165) is 31.1 Å². The maximum atomic E-state index is 11.6. The number of esters is 2. The van der Waals surface area contributed by atoms with Gasteiger partial charge >= 0.3 is 11.9 Å². The monoisotopic (exact) mass is 376 g/mol. The van der Waals surface area contributed by atoms with Crippen LogP contribution in [0.4, 0.5) is 0 Å². The van der Waals surface area contributed by atoms with Crippen LogP contribution < -0.4 is 0 Å². The van der Waals surface area contributed by atoms with Gasteiger partial charge in [0, 0.05) is 19.3 Å². The summed E-state index contributed by atoms with van der Waals surface area (Å²) >= 11 is 0. The second kappa shape index (κ2) is 6.77. The Labute approximate surface area is 163 Å². The van der Waals surface area contributed by atoms with Crippen LogP contribution in [0.15, 0.2) is 0 Å². The lowest BCUT2D eigenvalue weighted by atomic mass is 9.45. The molecule has 0 N–H and O–H groups in total. The van der Waals surface area contributed by atoms with E-state index in [1.165, 1.54) is 45.4 Å². The minimum atomic E-state index is -0.131. The van der Waals surface area contributed by atoms with E-state index in [0.29, 0.717) is 17.3 Å². The average molecular weight is 377 g/mol. The Morgan fingerprint density at radius 2 is 1.44 bits per heavy atom. The van der Waals surface area contributed by atoms with Gasteiger partial charge in [-0.25, -0.2) is 0 Å². The van der Waals surface area contributed by atoms with Crippen molar-refractivity contribution in [2.45, 2.75) is 97.7 Å². The predicted molar refractivity (Wildman–Crippen MR) is 103 cm³/mol. The smallest absolute Gasteiger partial charge is 0.302 e. The van der Waals surface area contributed by atoms with Crippen molar-refractivity contribution < 1.29 is 19.1 Å².